The number of aromatic amines is 1. The highest BCUT2D eigenvalue weighted by molar-refractivity contribution is 5.86. The maximum absolute atomic E-state index is 10.3. The van der Waals surface area contributed by atoms with E-state index in [0.29, 0.717) is 0 Å². The van der Waals surface area contributed by atoms with Crippen LogP contribution in [0.5, 0.6) is 11.6 Å². The maximum atomic E-state index is 10.3. The zero-order chi connectivity index (χ0) is 9.14. The molecule has 1 rings (SSSR count). The van der Waals surface area contributed by atoms with E-state index in [1.165, 1.54) is 0 Å². The number of carbonyl (C=O) groups excluding carboxylic acids is 1. The highest BCUT2D eigenvalue weighted by atomic mass is 16.5. The first-order valence-electron chi connectivity index (χ1n) is 2.90. The van der Waals surface area contributed by atoms with Gasteiger partial charge >= 0.3 is 5.97 Å². The number of H-pyrrole nitrogens is 1. The second-order valence-corrected chi connectivity index (χ2v) is 1.92. The Labute approximate surface area is 66.4 Å². The number of aromatic carboxylic acids is 1. The molecule has 0 aromatic carbocycles. The van der Waals surface area contributed by atoms with Crippen LogP contribution in [0.2, 0.25) is 0 Å². The van der Waals surface area contributed by atoms with Crippen LogP contribution in [-0.4, -0.2) is 27.6 Å². The lowest BCUT2D eigenvalue weighted by Gasteiger charge is -1.89. The van der Waals surface area contributed by atoms with E-state index >= 15 is 0 Å². The number of hydrogen-bond donors (Lipinski definition) is 3. The minimum atomic E-state index is -1.24. The van der Waals surface area contributed by atoms with Crippen LogP contribution >= 0.6 is 0 Å². The summed E-state index contributed by atoms with van der Waals surface area (Å²) >= 11 is 0. The van der Waals surface area contributed by atoms with Gasteiger partial charge in [-0.15, -0.1) is 0 Å². The Morgan fingerprint density at radius 2 is 2.33 bits per heavy atom. The van der Waals surface area contributed by atoms with Crippen LogP contribution < -0.4 is 4.74 Å². The van der Waals surface area contributed by atoms with Gasteiger partial charge in [0.1, 0.15) is 5.69 Å². The average Bonchev–Trinajstić information content (AvgIpc) is 2.34. The molecule has 0 saturated carbocycles. The molecule has 0 amide bonds. The van der Waals surface area contributed by atoms with Crippen LogP contribution in [0.1, 0.15) is 10.5 Å². The predicted octanol–water partition coefficient (Wildman–Crippen LogP) is -0.0463. The molecule has 6 nitrogen and oxygen atoms in total. The first-order chi connectivity index (χ1) is 5.65. The summed E-state index contributed by atoms with van der Waals surface area (Å²) < 4.78 is 4.24. The minimum absolute atomic E-state index is 0.0918. The molecule has 1 heterocycles. The monoisotopic (exact) mass is 171 g/mol. The Hall–Kier alpha value is -1.98. The zero-order valence-corrected chi connectivity index (χ0v) is 5.77. The van der Waals surface area contributed by atoms with E-state index in [0.717, 1.165) is 6.07 Å². The molecule has 0 aliphatic carbocycles. The summed E-state index contributed by atoms with van der Waals surface area (Å²) in [4.78, 5) is 22.2. The molecular formula is C6H5NO5. The molecule has 6 heteroatoms. The third-order valence-corrected chi connectivity index (χ3v) is 1.17. The summed E-state index contributed by atoms with van der Waals surface area (Å²) in [5, 5.41) is 17.3. The molecule has 0 aliphatic heterocycles. The van der Waals surface area contributed by atoms with Gasteiger partial charge in [-0.2, -0.15) is 0 Å². The summed E-state index contributed by atoms with van der Waals surface area (Å²) in [5.74, 6) is -1.94. The standard InChI is InChI=1S/C6H5NO5/c8-2-12-4-1-3(6(10)11)7-5(4)9/h1-2,7,9H,(H,10,11). The van der Waals surface area contributed by atoms with Gasteiger partial charge in [-0.3, -0.25) is 4.79 Å². The number of hydrogen-bond acceptors (Lipinski definition) is 4. The van der Waals surface area contributed by atoms with E-state index in [1.54, 1.807) is 0 Å². The van der Waals surface area contributed by atoms with Crippen molar-refractivity contribution in [2.24, 2.45) is 0 Å². The van der Waals surface area contributed by atoms with Crippen molar-refractivity contribution in [3.8, 4) is 11.6 Å². The maximum Gasteiger partial charge on any atom is 0.352 e. The molecule has 12 heavy (non-hydrogen) atoms. The number of aromatic nitrogens is 1. The first-order valence-corrected chi connectivity index (χ1v) is 2.90. The van der Waals surface area contributed by atoms with Gasteiger partial charge in [0.05, 0.1) is 0 Å². The number of carbonyl (C=O) groups is 2. The van der Waals surface area contributed by atoms with Crippen molar-refractivity contribution < 1.29 is 24.5 Å². The lowest BCUT2D eigenvalue weighted by atomic mass is 10.4. The SMILES string of the molecule is O=COc1cc(C(=O)O)[nH]c1O. The van der Waals surface area contributed by atoms with Gasteiger partial charge < -0.3 is 19.9 Å². The van der Waals surface area contributed by atoms with E-state index in [2.05, 4.69) is 9.72 Å². The van der Waals surface area contributed by atoms with Gasteiger partial charge in [-0.1, -0.05) is 0 Å². The summed E-state index contributed by atoms with van der Waals surface area (Å²) in [6.07, 6.45) is 0. The Morgan fingerprint density at radius 3 is 2.75 bits per heavy atom. The number of aromatic hydroxyl groups is 1. The highest BCUT2D eigenvalue weighted by Gasteiger charge is 2.12. The molecule has 1 aromatic rings. The van der Waals surface area contributed by atoms with E-state index in [1.807, 2.05) is 0 Å². The first kappa shape index (κ1) is 8.12. The van der Waals surface area contributed by atoms with Crippen molar-refractivity contribution in [2.75, 3.05) is 0 Å². The van der Waals surface area contributed by atoms with Gasteiger partial charge in [0, 0.05) is 6.07 Å². The fourth-order valence-electron chi connectivity index (χ4n) is 0.682. The lowest BCUT2D eigenvalue weighted by molar-refractivity contribution is -0.120. The van der Waals surface area contributed by atoms with Crippen LogP contribution in [0.4, 0.5) is 0 Å². The molecule has 64 valence electrons. The Morgan fingerprint density at radius 1 is 1.67 bits per heavy atom. The smallest absolute Gasteiger partial charge is 0.352 e. The minimum Gasteiger partial charge on any atom is -0.492 e. The summed E-state index contributed by atoms with van der Waals surface area (Å²) in [7, 11) is 0. The second kappa shape index (κ2) is 2.95. The van der Waals surface area contributed by atoms with E-state index in [9.17, 15) is 9.59 Å². The Balaban J connectivity index is 2.99. The van der Waals surface area contributed by atoms with Crippen molar-refractivity contribution >= 4 is 12.4 Å². The van der Waals surface area contributed by atoms with Crippen molar-refractivity contribution in [1.82, 2.24) is 4.98 Å². The molecule has 0 bridgehead atoms. The van der Waals surface area contributed by atoms with Crippen LogP contribution in [0, 0.1) is 0 Å². The van der Waals surface area contributed by atoms with Crippen molar-refractivity contribution in [2.45, 2.75) is 0 Å². The number of ether oxygens (including phenoxy) is 1. The summed E-state index contributed by atoms with van der Waals surface area (Å²) in [6, 6.07) is 1.01. The van der Waals surface area contributed by atoms with Crippen molar-refractivity contribution in [3.05, 3.63) is 11.8 Å². The molecule has 0 atom stereocenters. The molecule has 3 N–H and O–H groups in total. The molecule has 0 spiro atoms. The third kappa shape index (κ3) is 1.36. The van der Waals surface area contributed by atoms with Crippen molar-refractivity contribution in [3.63, 3.8) is 0 Å². The third-order valence-electron chi connectivity index (χ3n) is 1.17. The molecule has 0 aliphatic rings. The molecule has 0 fully saturated rings. The summed E-state index contributed by atoms with van der Waals surface area (Å²) in [6.45, 7) is 0.0918. The molecule has 0 unspecified atom stereocenters. The molecule has 0 saturated heterocycles. The van der Waals surface area contributed by atoms with Gasteiger partial charge in [0.25, 0.3) is 6.47 Å². The van der Waals surface area contributed by atoms with Gasteiger partial charge in [-0.25, -0.2) is 4.79 Å². The van der Waals surface area contributed by atoms with E-state index in [4.69, 9.17) is 10.2 Å². The van der Waals surface area contributed by atoms with Crippen LogP contribution in [-0.2, 0) is 4.79 Å². The summed E-state index contributed by atoms with van der Waals surface area (Å²) in [5.41, 5.74) is -0.246. The van der Waals surface area contributed by atoms with Crippen LogP contribution in [0.15, 0.2) is 6.07 Å². The topological polar surface area (TPSA) is 99.6 Å². The van der Waals surface area contributed by atoms with E-state index < -0.39 is 11.8 Å². The van der Waals surface area contributed by atoms with Crippen LogP contribution in [0.3, 0.4) is 0 Å². The van der Waals surface area contributed by atoms with Gasteiger partial charge in [0.2, 0.25) is 5.88 Å². The normalized spacial score (nSPS) is 9.33. The number of nitrogens with one attached hydrogen (secondary N) is 1. The largest absolute Gasteiger partial charge is 0.492 e. The Bertz CT molecular complexity index is 316. The fraction of sp³-hybridized carbons (Fsp3) is 0. The van der Waals surface area contributed by atoms with E-state index in [-0.39, 0.29) is 17.9 Å². The second-order valence-electron chi connectivity index (χ2n) is 1.92. The fourth-order valence-corrected chi connectivity index (χ4v) is 0.682. The number of rotatable bonds is 3. The highest BCUT2D eigenvalue weighted by Crippen LogP contribution is 2.25. The quantitative estimate of drug-likeness (QED) is 0.554. The lowest BCUT2D eigenvalue weighted by Crippen LogP contribution is -1.94. The molecular weight excluding hydrogens is 166 g/mol. The number of carboxylic acid groups (broad SMARTS) is 1. The zero-order valence-electron chi connectivity index (χ0n) is 5.77. The van der Waals surface area contributed by atoms with Crippen molar-refractivity contribution in [1.29, 1.82) is 0 Å². The molecule has 0 radical (unpaired) electrons. The predicted molar refractivity (Wildman–Crippen MR) is 36.1 cm³/mol. The average molecular weight is 171 g/mol. The number of carboxylic acids is 1. The van der Waals surface area contributed by atoms with Gasteiger partial charge in [-0.05, 0) is 0 Å². The van der Waals surface area contributed by atoms with Gasteiger partial charge in [0.15, 0.2) is 5.75 Å². The van der Waals surface area contributed by atoms with Crippen LogP contribution in [0.25, 0.3) is 0 Å². The molecule has 1 aromatic heterocycles. The Kier molecular flexibility index (Phi) is 2.00.